The Balaban J connectivity index is 1.74. The summed E-state index contributed by atoms with van der Waals surface area (Å²) in [5.74, 6) is -3.33. The molecular weight excluding hydrogens is 430 g/mol. The van der Waals surface area contributed by atoms with Crippen molar-refractivity contribution in [3.8, 4) is 0 Å². The molecule has 12 heteroatoms. The zero-order valence-electron chi connectivity index (χ0n) is 15.9. The summed E-state index contributed by atoms with van der Waals surface area (Å²) >= 11 is 0. The summed E-state index contributed by atoms with van der Waals surface area (Å²) in [5.41, 5.74) is -1.61. The number of amides is 2. The molecule has 3 aromatic carbocycles. The molecule has 0 fully saturated rings. The predicted octanol–water partition coefficient (Wildman–Crippen LogP) is 4.29. The van der Waals surface area contributed by atoms with Gasteiger partial charge in [-0.1, -0.05) is 0 Å². The van der Waals surface area contributed by atoms with Crippen LogP contribution < -0.4 is 10.6 Å². The van der Waals surface area contributed by atoms with E-state index in [0.29, 0.717) is 0 Å². The van der Waals surface area contributed by atoms with E-state index in [1.165, 1.54) is 24.3 Å². The van der Waals surface area contributed by atoms with Gasteiger partial charge in [0, 0.05) is 35.4 Å². The minimum Gasteiger partial charge on any atom is -0.319 e. The van der Waals surface area contributed by atoms with Crippen LogP contribution in [0.15, 0.2) is 60.7 Å². The maximum atomic E-state index is 13.8. The highest BCUT2D eigenvalue weighted by Crippen LogP contribution is 2.23. The number of benzene rings is 3. The van der Waals surface area contributed by atoms with Crippen LogP contribution in [0.1, 0.15) is 20.7 Å². The third kappa shape index (κ3) is 4.87. The van der Waals surface area contributed by atoms with Crippen LogP contribution in [0.5, 0.6) is 0 Å². The molecule has 0 aliphatic carbocycles. The molecule has 10 nitrogen and oxygen atoms in total. The number of nitrogens with zero attached hydrogens (tertiary/aromatic N) is 2. The van der Waals surface area contributed by atoms with Gasteiger partial charge in [0.05, 0.1) is 21.2 Å². The maximum Gasteiger partial charge on any atom is 0.271 e. The molecule has 0 atom stereocenters. The molecule has 32 heavy (non-hydrogen) atoms. The molecule has 0 unspecified atom stereocenters. The number of hydrogen-bond acceptors (Lipinski definition) is 6. The van der Waals surface area contributed by atoms with Gasteiger partial charge < -0.3 is 10.6 Å². The van der Waals surface area contributed by atoms with Crippen LogP contribution in [0.25, 0.3) is 0 Å². The number of non-ortho nitro benzene ring substituents is 2. The molecule has 0 heterocycles. The van der Waals surface area contributed by atoms with Gasteiger partial charge in [0.25, 0.3) is 23.2 Å². The summed E-state index contributed by atoms with van der Waals surface area (Å²) in [6.07, 6.45) is 0. The number of carbonyl (C=O) groups is 2. The number of halogens is 2. The van der Waals surface area contributed by atoms with Crippen LogP contribution in [0, 0.1) is 31.9 Å². The molecule has 0 aliphatic heterocycles. The molecule has 162 valence electrons. The molecule has 0 aliphatic rings. The first-order valence-electron chi connectivity index (χ1n) is 8.76. The van der Waals surface area contributed by atoms with E-state index in [9.17, 15) is 38.6 Å². The lowest BCUT2D eigenvalue weighted by atomic mass is 10.1. The van der Waals surface area contributed by atoms with Crippen molar-refractivity contribution in [2.24, 2.45) is 0 Å². The van der Waals surface area contributed by atoms with Crippen molar-refractivity contribution in [1.29, 1.82) is 0 Å². The minimum absolute atomic E-state index is 0.00832. The Kier molecular flexibility index (Phi) is 6.14. The topological polar surface area (TPSA) is 144 Å². The van der Waals surface area contributed by atoms with Crippen LogP contribution in [0.4, 0.5) is 31.5 Å². The van der Waals surface area contributed by atoms with E-state index < -0.39 is 56.0 Å². The van der Waals surface area contributed by atoms with Gasteiger partial charge in [-0.2, -0.15) is 0 Å². The Morgan fingerprint density at radius 3 is 1.31 bits per heavy atom. The quantitative estimate of drug-likeness (QED) is 0.430. The fourth-order valence-electron chi connectivity index (χ4n) is 2.61. The second-order valence-electron chi connectivity index (χ2n) is 6.33. The molecule has 3 aromatic rings. The zero-order chi connectivity index (χ0) is 23.4. The number of nitrogens with one attached hydrogen (secondary N) is 2. The van der Waals surface area contributed by atoms with E-state index in [1.54, 1.807) is 0 Å². The molecule has 0 aromatic heterocycles. The van der Waals surface area contributed by atoms with Crippen molar-refractivity contribution in [3.63, 3.8) is 0 Å². The fourth-order valence-corrected chi connectivity index (χ4v) is 2.61. The first-order valence-corrected chi connectivity index (χ1v) is 8.76. The summed E-state index contributed by atoms with van der Waals surface area (Å²) < 4.78 is 27.7. The van der Waals surface area contributed by atoms with Crippen LogP contribution in [0.3, 0.4) is 0 Å². The third-order valence-corrected chi connectivity index (χ3v) is 4.23. The molecule has 0 saturated heterocycles. The van der Waals surface area contributed by atoms with Gasteiger partial charge in [-0.25, -0.2) is 8.78 Å². The van der Waals surface area contributed by atoms with Gasteiger partial charge in [-0.3, -0.25) is 29.8 Å². The first kappa shape index (κ1) is 22.0. The molecule has 0 radical (unpaired) electrons. The number of nitro benzene ring substituents is 2. The third-order valence-electron chi connectivity index (χ3n) is 4.23. The van der Waals surface area contributed by atoms with Crippen molar-refractivity contribution in [2.75, 3.05) is 10.6 Å². The lowest BCUT2D eigenvalue weighted by Gasteiger charge is -2.08. The molecule has 3 rings (SSSR count). The summed E-state index contributed by atoms with van der Waals surface area (Å²) in [5, 5.41) is 26.0. The highest BCUT2D eigenvalue weighted by Gasteiger charge is 2.16. The summed E-state index contributed by atoms with van der Waals surface area (Å²) in [7, 11) is 0. The Morgan fingerprint density at radius 1 is 0.656 bits per heavy atom. The second-order valence-corrected chi connectivity index (χ2v) is 6.33. The van der Waals surface area contributed by atoms with Gasteiger partial charge in [0.1, 0.15) is 11.6 Å². The van der Waals surface area contributed by atoms with Gasteiger partial charge in [0.2, 0.25) is 0 Å². The average Bonchev–Trinajstić information content (AvgIpc) is 2.76. The normalized spacial score (nSPS) is 10.3. The SMILES string of the molecule is O=C(Nc1cc([N+](=O)[O-])ccc1F)c1ccc(C(=O)Nc2cc([N+](=O)[O-])ccc2F)cc1. The van der Waals surface area contributed by atoms with Gasteiger partial charge in [0.15, 0.2) is 0 Å². The molecule has 0 spiro atoms. The van der Waals surface area contributed by atoms with Gasteiger partial charge in [-0.05, 0) is 36.4 Å². The van der Waals surface area contributed by atoms with Crippen LogP contribution in [0.2, 0.25) is 0 Å². The Hall–Kier alpha value is -4.74. The average molecular weight is 442 g/mol. The zero-order valence-corrected chi connectivity index (χ0v) is 15.9. The lowest BCUT2D eigenvalue weighted by molar-refractivity contribution is -0.385. The van der Waals surface area contributed by atoms with Crippen molar-refractivity contribution in [2.45, 2.75) is 0 Å². The highest BCUT2D eigenvalue weighted by atomic mass is 19.1. The van der Waals surface area contributed by atoms with E-state index in [-0.39, 0.29) is 11.1 Å². The molecule has 0 saturated carbocycles. The number of nitro groups is 2. The van der Waals surface area contributed by atoms with Crippen molar-refractivity contribution >= 4 is 34.6 Å². The highest BCUT2D eigenvalue weighted by molar-refractivity contribution is 6.07. The van der Waals surface area contributed by atoms with Crippen molar-refractivity contribution in [1.82, 2.24) is 0 Å². The van der Waals surface area contributed by atoms with Gasteiger partial charge >= 0.3 is 0 Å². The largest absolute Gasteiger partial charge is 0.319 e. The first-order chi connectivity index (χ1) is 15.2. The van der Waals surface area contributed by atoms with Crippen molar-refractivity contribution in [3.05, 3.63) is 104 Å². The Morgan fingerprint density at radius 2 is 1.00 bits per heavy atom. The van der Waals surface area contributed by atoms with E-state index in [2.05, 4.69) is 10.6 Å². The number of anilines is 2. The molecular formula is C20H12F2N4O6. The van der Waals surface area contributed by atoms with Crippen LogP contribution in [-0.4, -0.2) is 21.7 Å². The van der Waals surface area contributed by atoms with E-state index in [1.807, 2.05) is 0 Å². The standard InChI is InChI=1S/C20H12F2N4O6/c21-15-7-5-13(25(29)30)9-17(15)23-19(27)11-1-2-12(4-3-11)20(28)24-18-10-14(26(31)32)6-8-16(18)22/h1-10H,(H,23,27)(H,24,28). The van der Waals surface area contributed by atoms with E-state index in [4.69, 9.17) is 0 Å². The summed E-state index contributed by atoms with van der Waals surface area (Å²) in [6.45, 7) is 0. The maximum absolute atomic E-state index is 13.8. The predicted molar refractivity (Wildman–Crippen MR) is 108 cm³/mol. The lowest BCUT2D eigenvalue weighted by Crippen LogP contribution is -2.15. The molecule has 0 bridgehead atoms. The van der Waals surface area contributed by atoms with Crippen molar-refractivity contribution < 1.29 is 28.2 Å². The molecule has 2 amide bonds. The molecule has 2 N–H and O–H groups in total. The Labute approximate surface area is 177 Å². The number of hydrogen-bond donors (Lipinski definition) is 2. The summed E-state index contributed by atoms with van der Waals surface area (Å²) in [4.78, 5) is 44.7. The minimum atomic E-state index is -0.876. The smallest absolute Gasteiger partial charge is 0.271 e. The second kappa shape index (κ2) is 8.95. The summed E-state index contributed by atoms with van der Waals surface area (Å²) in [6, 6.07) is 10.2. The van der Waals surface area contributed by atoms with Crippen LogP contribution >= 0.6 is 0 Å². The van der Waals surface area contributed by atoms with E-state index >= 15 is 0 Å². The number of carbonyl (C=O) groups excluding carboxylic acids is 2. The van der Waals surface area contributed by atoms with E-state index in [0.717, 1.165) is 36.4 Å². The Bertz CT molecular complexity index is 1150. The van der Waals surface area contributed by atoms with Gasteiger partial charge in [-0.15, -0.1) is 0 Å². The fraction of sp³-hybridized carbons (Fsp3) is 0. The monoisotopic (exact) mass is 442 g/mol. The van der Waals surface area contributed by atoms with Crippen LogP contribution in [-0.2, 0) is 0 Å². The number of rotatable bonds is 6.